The molecule has 0 spiro atoms. The Bertz CT molecular complexity index is 552. The van der Waals surface area contributed by atoms with Crippen molar-refractivity contribution in [1.82, 2.24) is 10.6 Å². The minimum Gasteiger partial charge on any atom is -0.478 e. The summed E-state index contributed by atoms with van der Waals surface area (Å²) >= 11 is 1.07. The van der Waals surface area contributed by atoms with Crippen LogP contribution in [0.3, 0.4) is 0 Å². The number of carbonyl (C=O) groups excluding carboxylic acids is 2. The van der Waals surface area contributed by atoms with Crippen molar-refractivity contribution in [3.05, 3.63) is 29.8 Å². The van der Waals surface area contributed by atoms with E-state index >= 15 is 0 Å². The molecule has 21 heavy (non-hydrogen) atoms. The lowest BCUT2D eigenvalue weighted by atomic mass is 10.1. The maximum absolute atomic E-state index is 11.7. The highest BCUT2D eigenvalue weighted by Gasteiger charge is 2.16. The Labute approximate surface area is 127 Å². The van der Waals surface area contributed by atoms with Gasteiger partial charge in [-0.3, -0.25) is 10.1 Å². The third-order valence-electron chi connectivity index (χ3n) is 2.22. The molecule has 0 aliphatic heterocycles. The molecule has 114 valence electrons. The molecule has 0 aliphatic rings. The first-order valence-electron chi connectivity index (χ1n) is 6.26. The number of thioether (sulfide) groups is 1. The van der Waals surface area contributed by atoms with Gasteiger partial charge in [0, 0.05) is 10.4 Å². The van der Waals surface area contributed by atoms with E-state index in [4.69, 9.17) is 5.11 Å². The lowest BCUT2D eigenvalue weighted by molar-refractivity contribution is -0.117. The lowest BCUT2D eigenvalue weighted by Crippen LogP contribution is -2.48. The number of hydrogen-bond donors (Lipinski definition) is 3. The molecule has 7 heteroatoms. The number of nitrogens with one attached hydrogen (secondary N) is 2. The minimum atomic E-state index is -1.05. The maximum Gasteiger partial charge on any atom is 0.336 e. The van der Waals surface area contributed by atoms with E-state index in [0.29, 0.717) is 4.90 Å². The van der Waals surface area contributed by atoms with Crippen LogP contribution in [0.1, 0.15) is 31.1 Å². The third kappa shape index (κ3) is 6.31. The molecule has 3 N–H and O–H groups in total. The Morgan fingerprint density at radius 1 is 1.19 bits per heavy atom. The molecule has 6 nitrogen and oxygen atoms in total. The summed E-state index contributed by atoms with van der Waals surface area (Å²) in [4.78, 5) is 34.7. The second kappa shape index (κ2) is 7.12. The largest absolute Gasteiger partial charge is 0.478 e. The molecule has 0 saturated heterocycles. The van der Waals surface area contributed by atoms with Crippen molar-refractivity contribution < 1.29 is 19.5 Å². The number of amides is 3. The van der Waals surface area contributed by atoms with Crippen LogP contribution in [0.2, 0.25) is 0 Å². The number of imide groups is 1. The summed E-state index contributed by atoms with van der Waals surface area (Å²) in [5.74, 6) is -1.58. The van der Waals surface area contributed by atoms with Crippen LogP contribution in [0.4, 0.5) is 4.79 Å². The monoisotopic (exact) mass is 310 g/mol. The summed E-state index contributed by atoms with van der Waals surface area (Å²) in [6.07, 6.45) is 0. The van der Waals surface area contributed by atoms with Gasteiger partial charge in [-0.15, -0.1) is 11.8 Å². The second-order valence-electron chi connectivity index (χ2n) is 5.34. The Morgan fingerprint density at radius 3 is 2.38 bits per heavy atom. The molecule has 1 rings (SSSR count). The molecule has 0 radical (unpaired) electrons. The molecular formula is C14H18N2O4S. The molecule has 0 bridgehead atoms. The van der Waals surface area contributed by atoms with Crippen molar-refractivity contribution in [3.8, 4) is 0 Å². The Morgan fingerprint density at radius 2 is 1.81 bits per heavy atom. The Hall–Kier alpha value is -2.02. The zero-order chi connectivity index (χ0) is 16.0. The fraction of sp³-hybridized carbons (Fsp3) is 0.357. The molecule has 0 aliphatic carbocycles. The topological polar surface area (TPSA) is 95.5 Å². The van der Waals surface area contributed by atoms with Gasteiger partial charge in [-0.2, -0.15) is 0 Å². The van der Waals surface area contributed by atoms with E-state index in [1.54, 1.807) is 39.0 Å². The van der Waals surface area contributed by atoms with Crippen LogP contribution < -0.4 is 10.6 Å². The van der Waals surface area contributed by atoms with Crippen LogP contribution in [0.5, 0.6) is 0 Å². The van der Waals surface area contributed by atoms with E-state index in [0.717, 1.165) is 11.8 Å². The van der Waals surface area contributed by atoms with E-state index in [1.807, 2.05) is 0 Å². The average molecular weight is 310 g/mol. The van der Waals surface area contributed by atoms with Gasteiger partial charge in [-0.25, -0.2) is 9.59 Å². The quantitative estimate of drug-likeness (QED) is 0.740. The number of carboxylic acids is 1. The highest BCUT2D eigenvalue weighted by atomic mass is 32.2. The SMILES string of the molecule is CC(C)(C)NC(=O)NC(=O)CSc1ccccc1C(=O)O. The van der Waals surface area contributed by atoms with Crippen molar-refractivity contribution >= 4 is 29.7 Å². The number of benzene rings is 1. The van der Waals surface area contributed by atoms with E-state index in [9.17, 15) is 14.4 Å². The first-order chi connectivity index (χ1) is 9.69. The van der Waals surface area contributed by atoms with Gasteiger partial charge >= 0.3 is 12.0 Å². The molecule has 0 atom stereocenters. The van der Waals surface area contributed by atoms with Crippen LogP contribution in [0.25, 0.3) is 0 Å². The normalized spacial score (nSPS) is 10.8. The number of urea groups is 1. The second-order valence-corrected chi connectivity index (χ2v) is 6.36. The molecular weight excluding hydrogens is 292 g/mol. The van der Waals surface area contributed by atoms with Crippen LogP contribution in [0, 0.1) is 0 Å². The molecule has 0 aromatic heterocycles. The van der Waals surface area contributed by atoms with E-state index in [1.165, 1.54) is 6.07 Å². The molecule has 0 saturated carbocycles. The summed E-state index contributed by atoms with van der Waals surface area (Å²) in [5, 5.41) is 13.8. The van der Waals surface area contributed by atoms with Crippen molar-refractivity contribution in [2.24, 2.45) is 0 Å². The lowest BCUT2D eigenvalue weighted by Gasteiger charge is -2.20. The molecule has 0 fully saturated rings. The maximum atomic E-state index is 11.7. The van der Waals surface area contributed by atoms with Crippen molar-refractivity contribution in [1.29, 1.82) is 0 Å². The van der Waals surface area contributed by atoms with E-state index in [2.05, 4.69) is 10.6 Å². The number of carbonyl (C=O) groups is 3. The summed E-state index contributed by atoms with van der Waals surface area (Å²) < 4.78 is 0. The van der Waals surface area contributed by atoms with E-state index in [-0.39, 0.29) is 11.3 Å². The Balaban J connectivity index is 2.54. The fourth-order valence-corrected chi connectivity index (χ4v) is 2.29. The zero-order valence-electron chi connectivity index (χ0n) is 12.1. The van der Waals surface area contributed by atoms with Crippen molar-refractivity contribution in [3.63, 3.8) is 0 Å². The predicted molar refractivity (Wildman–Crippen MR) is 80.6 cm³/mol. The van der Waals surface area contributed by atoms with Crippen molar-refractivity contribution in [2.75, 3.05) is 5.75 Å². The molecule has 1 aromatic carbocycles. The van der Waals surface area contributed by atoms with E-state index < -0.39 is 23.4 Å². The number of carboxylic acid groups (broad SMARTS) is 1. The predicted octanol–water partition coefficient (Wildman–Crippen LogP) is 2.10. The highest BCUT2D eigenvalue weighted by molar-refractivity contribution is 8.00. The summed E-state index contributed by atoms with van der Waals surface area (Å²) in [6.45, 7) is 5.40. The molecule has 1 aromatic rings. The van der Waals surface area contributed by atoms with Gasteiger partial charge < -0.3 is 10.4 Å². The number of rotatable bonds is 4. The zero-order valence-corrected chi connectivity index (χ0v) is 12.9. The van der Waals surface area contributed by atoms with Gasteiger partial charge in [-0.1, -0.05) is 12.1 Å². The summed E-state index contributed by atoms with van der Waals surface area (Å²) in [5.41, 5.74) is -0.303. The van der Waals surface area contributed by atoms with Gasteiger partial charge in [0.15, 0.2) is 0 Å². The van der Waals surface area contributed by atoms with Crippen LogP contribution in [0.15, 0.2) is 29.2 Å². The van der Waals surface area contributed by atoms with Gasteiger partial charge in [-0.05, 0) is 32.9 Å². The molecule has 0 heterocycles. The first-order valence-corrected chi connectivity index (χ1v) is 7.25. The van der Waals surface area contributed by atoms with Gasteiger partial charge in [0.1, 0.15) is 0 Å². The molecule has 3 amide bonds. The van der Waals surface area contributed by atoms with Crippen LogP contribution in [-0.4, -0.2) is 34.3 Å². The average Bonchev–Trinajstić information content (AvgIpc) is 2.34. The van der Waals surface area contributed by atoms with Gasteiger partial charge in [0.2, 0.25) is 5.91 Å². The summed E-state index contributed by atoms with van der Waals surface area (Å²) in [7, 11) is 0. The minimum absolute atomic E-state index is 0.0398. The van der Waals surface area contributed by atoms with Crippen LogP contribution >= 0.6 is 11.8 Å². The Kier molecular flexibility index (Phi) is 5.78. The first kappa shape index (κ1) is 17.0. The standard InChI is InChI=1S/C14H18N2O4S/c1-14(2,3)16-13(20)15-11(17)8-21-10-7-5-4-6-9(10)12(18)19/h4-7H,8H2,1-3H3,(H,18,19)(H2,15,16,17,20). The number of aromatic carboxylic acids is 1. The van der Waals surface area contributed by atoms with Gasteiger partial charge in [0.05, 0.1) is 11.3 Å². The fourth-order valence-electron chi connectivity index (χ4n) is 1.45. The number of hydrogen-bond acceptors (Lipinski definition) is 4. The van der Waals surface area contributed by atoms with Gasteiger partial charge in [0.25, 0.3) is 0 Å². The highest BCUT2D eigenvalue weighted by Crippen LogP contribution is 2.22. The van der Waals surface area contributed by atoms with Crippen LogP contribution in [-0.2, 0) is 4.79 Å². The molecule has 0 unspecified atom stereocenters. The third-order valence-corrected chi connectivity index (χ3v) is 3.29. The summed E-state index contributed by atoms with van der Waals surface area (Å²) in [6, 6.07) is 5.83. The smallest absolute Gasteiger partial charge is 0.336 e. The van der Waals surface area contributed by atoms with Crippen molar-refractivity contribution in [2.45, 2.75) is 31.2 Å².